The second kappa shape index (κ2) is 8.42. The first-order valence-corrected chi connectivity index (χ1v) is 10.7. The van der Waals surface area contributed by atoms with Crippen molar-refractivity contribution in [2.75, 3.05) is 40.4 Å². The zero-order valence-electron chi connectivity index (χ0n) is 17.1. The lowest BCUT2D eigenvalue weighted by atomic mass is 10.1. The van der Waals surface area contributed by atoms with E-state index in [0.29, 0.717) is 48.9 Å². The summed E-state index contributed by atoms with van der Waals surface area (Å²) in [4.78, 5) is 18.8. The van der Waals surface area contributed by atoms with Crippen LogP contribution in [0.2, 0.25) is 0 Å². The van der Waals surface area contributed by atoms with Gasteiger partial charge in [-0.15, -0.1) is 0 Å². The van der Waals surface area contributed by atoms with E-state index in [9.17, 15) is 13.2 Å². The fraction of sp³-hybridized carbons (Fsp3) is 0.474. The van der Waals surface area contributed by atoms with Gasteiger partial charge in [0, 0.05) is 45.5 Å². The molecule has 0 unspecified atom stereocenters. The quantitative estimate of drug-likeness (QED) is 0.721. The Labute approximate surface area is 170 Å². The van der Waals surface area contributed by atoms with Crippen molar-refractivity contribution in [3.63, 3.8) is 0 Å². The van der Waals surface area contributed by atoms with Crippen molar-refractivity contribution < 1.29 is 22.7 Å². The maximum atomic E-state index is 13.0. The van der Waals surface area contributed by atoms with Crippen LogP contribution in [-0.2, 0) is 17.1 Å². The van der Waals surface area contributed by atoms with Crippen molar-refractivity contribution in [3.05, 3.63) is 35.8 Å². The Bertz CT molecular complexity index is 983. The normalized spacial score (nSPS) is 15.8. The smallest absolute Gasteiger partial charge is 0.262 e. The molecule has 1 aromatic carbocycles. The maximum absolute atomic E-state index is 13.0. The predicted octanol–water partition coefficient (Wildman–Crippen LogP) is 1.28. The Morgan fingerprint density at radius 2 is 1.86 bits per heavy atom. The lowest BCUT2D eigenvalue weighted by molar-refractivity contribution is 0.0761. The summed E-state index contributed by atoms with van der Waals surface area (Å²) in [5.74, 6) is 1.45. The predicted molar refractivity (Wildman–Crippen MR) is 107 cm³/mol. The lowest BCUT2D eigenvalue weighted by Crippen LogP contribution is -2.37. The number of amides is 1. The standard InChI is InChI=1S/C19H26N4O5S/c1-14-20-18(13-21(14)2)29(25,26)23-9-5-8-22(10-11-23)19(24)16-7-6-15(27-3)12-17(16)28-4/h6-7,12-13H,5,8-11H2,1-4H3. The van der Waals surface area contributed by atoms with Crippen LogP contribution in [0.4, 0.5) is 0 Å². The van der Waals surface area contributed by atoms with Crippen LogP contribution in [0.25, 0.3) is 0 Å². The molecule has 10 heteroatoms. The van der Waals surface area contributed by atoms with E-state index < -0.39 is 10.0 Å². The molecule has 0 bridgehead atoms. The lowest BCUT2D eigenvalue weighted by Gasteiger charge is -2.22. The van der Waals surface area contributed by atoms with E-state index in [1.165, 1.54) is 17.6 Å². The fourth-order valence-corrected chi connectivity index (χ4v) is 4.76. The monoisotopic (exact) mass is 422 g/mol. The highest BCUT2D eigenvalue weighted by molar-refractivity contribution is 7.89. The van der Waals surface area contributed by atoms with Gasteiger partial charge in [-0.1, -0.05) is 0 Å². The van der Waals surface area contributed by atoms with Gasteiger partial charge >= 0.3 is 0 Å². The van der Waals surface area contributed by atoms with Crippen LogP contribution in [0.15, 0.2) is 29.4 Å². The Balaban J connectivity index is 1.77. The molecule has 29 heavy (non-hydrogen) atoms. The number of aromatic nitrogens is 2. The van der Waals surface area contributed by atoms with Crippen molar-refractivity contribution in [2.24, 2.45) is 7.05 Å². The van der Waals surface area contributed by atoms with E-state index in [0.717, 1.165) is 0 Å². The summed E-state index contributed by atoms with van der Waals surface area (Å²) in [7, 11) is 1.10. The average Bonchev–Trinajstić information content (AvgIpc) is 2.92. The molecule has 1 aromatic heterocycles. The van der Waals surface area contributed by atoms with Crippen LogP contribution in [0, 0.1) is 6.92 Å². The first-order valence-electron chi connectivity index (χ1n) is 9.29. The Morgan fingerprint density at radius 3 is 2.48 bits per heavy atom. The highest BCUT2D eigenvalue weighted by atomic mass is 32.2. The molecule has 1 fully saturated rings. The molecule has 1 saturated heterocycles. The van der Waals surface area contributed by atoms with Crippen LogP contribution in [-0.4, -0.2) is 73.5 Å². The van der Waals surface area contributed by atoms with Crippen LogP contribution in [0.5, 0.6) is 11.5 Å². The van der Waals surface area contributed by atoms with E-state index in [1.807, 2.05) is 0 Å². The summed E-state index contributed by atoms with van der Waals surface area (Å²) in [6.07, 6.45) is 2.05. The van der Waals surface area contributed by atoms with Crippen LogP contribution < -0.4 is 9.47 Å². The number of hydrogen-bond acceptors (Lipinski definition) is 6. The van der Waals surface area contributed by atoms with Gasteiger partial charge in [-0.25, -0.2) is 13.4 Å². The Kier molecular flexibility index (Phi) is 6.13. The molecule has 0 spiro atoms. The number of benzene rings is 1. The van der Waals surface area contributed by atoms with E-state index in [1.54, 1.807) is 48.7 Å². The first-order chi connectivity index (χ1) is 13.8. The van der Waals surface area contributed by atoms with E-state index >= 15 is 0 Å². The molecule has 1 amide bonds. The molecule has 2 aromatic rings. The number of sulfonamides is 1. The van der Waals surface area contributed by atoms with Crippen molar-refractivity contribution in [3.8, 4) is 11.5 Å². The number of ether oxygens (including phenoxy) is 2. The van der Waals surface area contributed by atoms with Gasteiger partial charge in [-0.05, 0) is 25.5 Å². The van der Waals surface area contributed by atoms with Crippen molar-refractivity contribution in [1.82, 2.24) is 18.8 Å². The summed E-state index contributed by atoms with van der Waals surface area (Å²) in [5.41, 5.74) is 0.421. The topological polar surface area (TPSA) is 94.0 Å². The van der Waals surface area contributed by atoms with Gasteiger partial charge in [-0.3, -0.25) is 4.79 Å². The van der Waals surface area contributed by atoms with Gasteiger partial charge in [0.1, 0.15) is 17.3 Å². The number of methoxy groups -OCH3 is 2. The molecule has 158 valence electrons. The SMILES string of the molecule is COc1ccc(C(=O)N2CCCN(S(=O)(=O)c3cn(C)c(C)n3)CC2)c(OC)c1. The second-order valence-corrected chi connectivity index (χ2v) is 8.74. The van der Waals surface area contributed by atoms with Gasteiger partial charge in [0.05, 0.1) is 19.8 Å². The number of aryl methyl sites for hydroxylation is 2. The molecule has 1 aliphatic heterocycles. The summed E-state index contributed by atoms with van der Waals surface area (Å²) >= 11 is 0. The number of nitrogens with zero attached hydrogens (tertiary/aromatic N) is 4. The molecular weight excluding hydrogens is 396 g/mol. The number of imidazole rings is 1. The van der Waals surface area contributed by atoms with Gasteiger partial charge in [0.15, 0.2) is 5.03 Å². The summed E-state index contributed by atoms with van der Waals surface area (Å²) in [6, 6.07) is 5.02. The molecule has 3 rings (SSSR count). The Morgan fingerprint density at radius 1 is 1.10 bits per heavy atom. The third kappa shape index (κ3) is 4.23. The zero-order chi connectivity index (χ0) is 21.2. The first kappa shape index (κ1) is 21.1. The second-order valence-electron chi connectivity index (χ2n) is 6.85. The average molecular weight is 423 g/mol. The van der Waals surface area contributed by atoms with Gasteiger partial charge in [0.25, 0.3) is 15.9 Å². The van der Waals surface area contributed by atoms with E-state index in [-0.39, 0.29) is 17.5 Å². The minimum absolute atomic E-state index is 0.0362. The molecular formula is C19H26N4O5S. The summed E-state index contributed by atoms with van der Waals surface area (Å²) in [6.45, 7) is 3.05. The minimum atomic E-state index is -3.70. The molecule has 0 saturated carbocycles. The van der Waals surface area contributed by atoms with Crippen molar-refractivity contribution >= 4 is 15.9 Å². The number of rotatable bonds is 5. The third-order valence-electron chi connectivity index (χ3n) is 5.07. The molecule has 2 heterocycles. The highest BCUT2D eigenvalue weighted by Gasteiger charge is 2.31. The van der Waals surface area contributed by atoms with Crippen LogP contribution >= 0.6 is 0 Å². The van der Waals surface area contributed by atoms with Crippen molar-refractivity contribution in [2.45, 2.75) is 18.4 Å². The fourth-order valence-electron chi connectivity index (χ4n) is 3.27. The van der Waals surface area contributed by atoms with Gasteiger partial charge in [-0.2, -0.15) is 4.31 Å². The maximum Gasteiger partial charge on any atom is 0.262 e. The summed E-state index contributed by atoms with van der Waals surface area (Å²) in [5, 5.41) is 0.0362. The van der Waals surface area contributed by atoms with Gasteiger partial charge < -0.3 is 18.9 Å². The van der Waals surface area contributed by atoms with E-state index in [2.05, 4.69) is 4.98 Å². The Hall–Kier alpha value is -2.59. The number of hydrogen-bond donors (Lipinski definition) is 0. The van der Waals surface area contributed by atoms with Crippen molar-refractivity contribution in [1.29, 1.82) is 0 Å². The number of carbonyl (C=O) groups is 1. The molecule has 0 N–H and O–H groups in total. The molecule has 0 aliphatic carbocycles. The van der Waals surface area contributed by atoms with E-state index in [4.69, 9.17) is 9.47 Å². The number of carbonyl (C=O) groups excluding carboxylic acids is 1. The summed E-state index contributed by atoms with van der Waals surface area (Å²) < 4.78 is 39.5. The highest BCUT2D eigenvalue weighted by Crippen LogP contribution is 2.26. The molecule has 9 nitrogen and oxygen atoms in total. The zero-order valence-corrected chi connectivity index (χ0v) is 17.9. The largest absolute Gasteiger partial charge is 0.497 e. The molecule has 1 aliphatic rings. The van der Waals surface area contributed by atoms with Crippen LogP contribution in [0.3, 0.4) is 0 Å². The molecule has 0 atom stereocenters. The van der Waals surface area contributed by atoms with Gasteiger partial charge in [0.2, 0.25) is 0 Å². The molecule has 0 radical (unpaired) electrons. The minimum Gasteiger partial charge on any atom is -0.497 e. The van der Waals surface area contributed by atoms with Crippen LogP contribution in [0.1, 0.15) is 22.6 Å². The third-order valence-corrected chi connectivity index (χ3v) is 6.84.